The molecule has 9 nitrogen and oxygen atoms in total. The summed E-state index contributed by atoms with van der Waals surface area (Å²) < 4.78 is 10.9. The summed E-state index contributed by atoms with van der Waals surface area (Å²) in [5, 5.41) is 10.8. The van der Waals surface area contributed by atoms with Crippen molar-refractivity contribution in [1.82, 2.24) is 15.1 Å². The van der Waals surface area contributed by atoms with Crippen LogP contribution in [0, 0.1) is 0 Å². The molecule has 0 saturated carbocycles. The number of rotatable bonds is 7. The number of nitrogens with one attached hydrogen (secondary N) is 1. The lowest BCUT2D eigenvalue weighted by Gasteiger charge is -2.31. The SMILES string of the molecule is CCCN(CC(=O)N1CC(=O)Nc2ccccc21)Cc1nnc(-c2ccco2)o1. The van der Waals surface area contributed by atoms with Crippen molar-refractivity contribution >= 4 is 23.2 Å². The number of aromatic nitrogens is 2. The molecule has 1 aliphatic rings. The van der Waals surface area contributed by atoms with E-state index >= 15 is 0 Å². The van der Waals surface area contributed by atoms with Crippen LogP contribution in [0.1, 0.15) is 19.2 Å². The fourth-order valence-electron chi connectivity index (χ4n) is 3.27. The van der Waals surface area contributed by atoms with Gasteiger partial charge in [-0.2, -0.15) is 0 Å². The molecule has 3 heterocycles. The number of fused-ring (bicyclic) bond motifs is 1. The molecule has 3 aromatic rings. The third kappa shape index (κ3) is 4.19. The van der Waals surface area contributed by atoms with Crippen LogP contribution in [0.3, 0.4) is 0 Å². The summed E-state index contributed by atoms with van der Waals surface area (Å²) in [6.07, 6.45) is 2.39. The largest absolute Gasteiger partial charge is 0.459 e. The normalized spacial score (nSPS) is 13.4. The molecule has 29 heavy (non-hydrogen) atoms. The van der Waals surface area contributed by atoms with Gasteiger partial charge in [0.1, 0.15) is 6.54 Å². The van der Waals surface area contributed by atoms with Crippen LogP contribution in [0.25, 0.3) is 11.7 Å². The number of benzene rings is 1. The number of amides is 2. The van der Waals surface area contributed by atoms with Gasteiger partial charge in [-0.15, -0.1) is 10.2 Å². The molecular weight excluding hydrogens is 374 g/mol. The van der Waals surface area contributed by atoms with E-state index < -0.39 is 0 Å². The van der Waals surface area contributed by atoms with E-state index in [-0.39, 0.29) is 24.9 Å². The third-order valence-electron chi connectivity index (χ3n) is 4.53. The van der Waals surface area contributed by atoms with Gasteiger partial charge in [0.05, 0.1) is 30.7 Å². The molecule has 4 rings (SSSR count). The van der Waals surface area contributed by atoms with E-state index in [1.54, 1.807) is 18.2 Å². The van der Waals surface area contributed by atoms with Crippen molar-refractivity contribution in [1.29, 1.82) is 0 Å². The predicted octanol–water partition coefficient (Wildman–Crippen LogP) is 2.53. The Labute approximate surface area is 167 Å². The summed E-state index contributed by atoms with van der Waals surface area (Å²) >= 11 is 0. The first-order chi connectivity index (χ1) is 14.1. The zero-order valence-electron chi connectivity index (χ0n) is 16.0. The van der Waals surface area contributed by atoms with E-state index in [0.29, 0.717) is 42.0 Å². The Hall–Kier alpha value is -3.46. The number of hydrogen-bond acceptors (Lipinski definition) is 7. The first-order valence-corrected chi connectivity index (χ1v) is 9.42. The van der Waals surface area contributed by atoms with Crippen LogP contribution in [-0.2, 0) is 16.1 Å². The van der Waals surface area contributed by atoms with Gasteiger partial charge in [-0.05, 0) is 37.2 Å². The van der Waals surface area contributed by atoms with E-state index in [4.69, 9.17) is 8.83 Å². The molecule has 0 fully saturated rings. The molecule has 2 amide bonds. The number of para-hydroxylation sites is 2. The number of furan rings is 1. The minimum atomic E-state index is -0.209. The number of hydrogen-bond donors (Lipinski definition) is 1. The second-order valence-electron chi connectivity index (χ2n) is 6.73. The highest BCUT2D eigenvalue weighted by Gasteiger charge is 2.28. The monoisotopic (exact) mass is 395 g/mol. The lowest BCUT2D eigenvalue weighted by atomic mass is 10.2. The first kappa shape index (κ1) is 18.9. The van der Waals surface area contributed by atoms with Gasteiger partial charge in [-0.25, -0.2) is 0 Å². The minimum absolute atomic E-state index is 0.000981. The maximum absolute atomic E-state index is 13.0. The average Bonchev–Trinajstić information content (AvgIpc) is 3.39. The summed E-state index contributed by atoms with van der Waals surface area (Å²) in [6.45, 7) is 3.16. The summed E-state index contributed by atoms with van der Waals surface area (Å²) in [5.74, 6) is 0.826. The quantitative estimate of drug-likeness (QED) is 0.655. The lowest BCUT2D eigenvalue weighted by Crippen LogP contribution is -2.46. The van der Waals surface area contributed by atoms with Gasteiger partial charge in [0, 0.05) is 0 Å². The van der Waals surface area contributed by atoms with E-state index in [0.717, 1.165) is 6.42 Å². The summed E-state index contributed by atoms with van der Waals surface area (Å²) in [4.78, 5) is 28.4. The molecule has 0 radical (unpaired) electrons. The van der Waals surface area contributed by atoms with Crippen LogP contribution >= 0.6 is 0 Å². The molecule has 2 aromatic heterocycles. The Morgan fingerprint density at radius 1 is 1.24 bits per heavy atom. The molecule has 0 saturated heterocycles. The van der Waals surface area contributed by atoms with E-state index in [9.17, 15) is 9.59 Å². The number of carbonyl (C=O) groups is 2. The number of nitrogens with zero attached hydrogens (tertiary/aromatic N) is 4. The van der Waals surface area contributed by atoms with Crippen LogP contribution in [0.4, 0.5) is 11.4 Å². The molecular formula is C20H21N5O4. The Bertz CT molecular complexity index is 998. The second-order valence-corrected chi connectivity index (χ2v) is 6.73. The number of anilines is 2. The fourth-order valence-corrected chi connectivity index (χ4v) is 3.27. The van der Waals surface area contributed by atoms with E-state index in [1.165, 1.54) is 11.2 Å². The van der Waals surface area contributed by atoms with Crippen molar-refractivity contribution in [2.24, 2.45) is 0 Å². The zero-order valence-corrected chi connectivity index (χ0v) is 16.0. The molecule has 0 atom stereocenters. The standard InChI is InChI=1S/C20H21N5O4/c1-2-9-24(12-18-22-23-20(29-18)16-8-5-10-28-16)13-19(27)25-11-17(26)21-14-6-3-4-7-15(14)25/h3-8,10H,2,9,11-13H2,1H3,(H,21,26). The highest BCUT2D eigenvalue weighted by Crippen LogP contribution is 2.29. The van der Waals surface area contributed by atoms with Crippen molar-refractivity contribution in [2.75, 3.05) is 29.9 Å². The smallest absolute Gasteiger partial charge is 0.283 e. The summed E-state index contributed by atoms with van der Waals surface area (Å²) in [6, 6.07) is 10.8. The topological polar surface area (TPSA) is 105 Å². The molecule has 0 spiro atoms. The fraction of sp³-hybridized carbons (Fsp3) is 0.300. The van der Waals surface area contributed by atoms with E-state index in [2.05, 4.69) is 15.5 Å². The van der Waals surface area contributed by atoms with Gasteiger partial charge >= 0.3 is 0 Å². The zero-order chi connectivity index (χ0) is 20.2. The van der Waals surface area contributed by atoms with Crippen LogP contribution < -0.4 is 10.2 Å². The number of carbonyl (C=O) groups excluding carboxylic acids is 2. The Morgan fingerprint density at radius 3 is 2.90 bits per heavy atom. The first-order valence-electron chi connectivity index (χ1n) is 9.42. The van der Waals surface area contributed by atoms with Gasteiger partial charge in [0.15, 0.2) is 5.76 Å². The molecule has 150 valence electrons. The highest BCUT2D eigenvalue weighted by atomic mass is 16.4. The molecule has 0 bridgehead atoms. The Balaban J connectivity index is 1.47. The molecule has 0 unspecified atom stereocenters. The van der Waals surface area contributed by atoms with Gasteiger partial charge in [-0.3, -0.25) is 19.4 Å². The molecule has 0 aliphatic carbocycles. The molecule has 9 heteroatoms. The second kappa shape index (κ2) is 8.27. The van der Waals surface area contributed by atoms with Crippen LogP contribution in [0.15, 0.2) is 51.5 Å². The van der Waals surface area contributed by atoms with Gasteiger partial charge in [-0.1, -0.05) is 19.1 Å². The minimum Gasteiger partial charge on any atom is -0.459 e. The Kier molecular flexibility index (Phi) is 5.39. The molecule has 1 N–H and O–H groups in total. The lowest BCUT2D eigenvalue weighted by molar-refractivity contribution is -0.122. The molecule has 1 aromatic carbocycles. The van der Waals surface area contributed by atoms with Gasteiger partial charge in [0.2, 0.25) is 17.7 Å². The average molecular weight is 395 g/mol. The van der Waals surface area contributed by atoms with Crippen LogP contribution in [0.2, 0.25) is 0 Å². The van der Waals surface area contributed by atoms with Crippen molar-refractivity contribution in [2.45, 2.75) is 19.9 Å². The Morgan fingerprint density at radius 2 is 2.10 bits per heavy atom. The van der Waals surface area contributed by atoms with Gasteiger partial charge < -0.3 is 14.2 Å². The molecule has 1 aliphatic heterocycles. The van der Waals surface area contributed by atoms with Crippen molar-refractivity contribution < 1.29 is 18.4 Å². The summed E-state index contributed by atoms with van der Waals surface area (Å²) in [5.41, 5.74) is 1.34. The van der Waals surface area contributed by atoms with Crippen molar-refractivity contribution in [3.8, 4) is 11.7 Å². The van der Waals surface area contributed by atoms with Gasteiger partial charge in [0.25, 0.3) is 5.89 Å². The third-order valence-corrected chi connectivity index (χ3v) is 4.53. The van der Waals surface area contributed by atoms with Crippen molar-refractivity contribution in [3.63, 3.8) is 0 Å². The maximum atomic E-state index is 13.0. The van der Waals surface area contributed by atoms with E-state index in [1.807, 2.05) is 30.0 Å². The highest BCUT2D eigenvalue weighted by molar-refractivity contribution is 6.10. The van der Waals surface area contributed by atoms with Crippen molar-refractivity contribution in [3.05, 3.63) is 48.6 Å². The maximum Gasteiger partial charge on any atom is 0.283 e. The predicted molar refractivity (Wildman–Crippen MR) is 105 cm³/mol. The summed E-state index contributed by atoms with van der Waals surface area (Å²) in [7, 11) is 0. The van der Waals surface area contributed by atoms with Crippen LogP contribution in [-0.4, -0.2) is 46.5 Å². The van der Waals surface area contributed by atoms with Crippen LogP contribution in [0.5, 0.6) is 0 Å².